The fraction of sp³-hybridized carbons (Fsp3) is 0.267. The zero-order chi connectivity index (χ0) is 13.7. The molecule has 0 bridgehead atoms. The summed E-state index contributed by atoms with van der Waals surface area (Å²) < 4.78 is 13.2. The molecule has 0 aliphatic rings. The molecule has 2 aromatic rings. The summed E-state index contributed by atoms with van der Waals surface area (Å²) in [6.45, 7) is 0. The van der Waals surface area contributed by atoms with Gasteiger partial charge < -0.3 is 5.32 Å². The summed E-state index contributed by atoms with van der Waals surface area (Å²) in [4.78, 5) is 4.30. The summed E-state index contributed by atoms with van der Waals surface area (Å²) in [5.41, 5.74) is 1.83. The van der Waals surface area contributed by atoms with E-state index in [0.29, 0.717) is 11.4 Å². The van der Waals surface area contributed by atoms with Crippen molar-refractivity contribution >= 4 is 11.6 Å². The lowest BCUT2D eigenvalue weighted by atomic mass is 10.0. The molecule has 0 radical (unpaired) electrons. The molecule has 1 unspecified atom stereocenters. The van der Waals surface area contributed by atoms with Crippen molar-refractivity contribution in [2.45, 2.75) is 18.9 Å². The third-order valence-electron chi connectivity index (χ3n) is 3.06. The van der Waals surface area contributed by atoms with Crippen molar-refractivity contribution in [1.29, 1.82) is 0 Å². The van der Waals surface area contributed by atoms with Gasteiger partial charge in [0.25, 0.3) is 0 Å². The van der Waals surface area contributed by atoms with Crippen molar-refractivity contribution in [1.82, 2.24) is 10.3 Å². The average Bonchev–Trinajstić information content (AvgIpc) is 2.43. The van der Waals surface area contributed by atoms with Crippen molar-refractivity contribution in [3.05, 3.63) is 64.7 Å². The predicted molar refractivity (Wildman–Crippen MR) is 75.9 cm³/mol. The SMILES string of the molecule is CNC(Cc1ccccn1)Cc1cc(F)ccc1Cl. The third-order valence-corrected chi connectivity index (χ3v) is 3.43. The number of hydrogen-bond donors (Lipinski definition) is 1. The molecule has 1 N–H and O–H groups in total. The molecule has 1 aromatic heterocycles. The number of pyridine rings is 1. The average molecular weight is 279 g/mol. The molecule has 19 heavy (non-hydrogen) atoms. The van der Waals surface area contributed by atoms with Crippen molar-refractivity contribution < 1.29 is 4.39 Å². The van der Waals surface area contributed by atoms with E-state index in [2.05, 4.69) is 10.3 Å². The minimum atomic E-state index is -0.257. The first-order chi connectivity index (χ1) is 9.19. The Morgan fingerprint density at radius 2 is 2.11 bits per heavy atom. The minimum absolute atomic E-state index is 0.175. The largest absolute Gasteiger partial charge is 0.316 e. The van der Waals surface area contributed by atoms with Crippen molar-refractivity contribution in [3.8, 4) is 0 Å². The maximum atomic E-state index is 13.2. The van der Waals surface area contributed by atoms with E-state index < -0.39 is 0 Å². The number of hydrogen-bond acceptors (Lipinski definition) is 2. The molecule has 0 amide bonds. The molecule has 4 heteroatoms. The van der Waals surface area contributed by atoms with Gasteiger partial charge in [0.2, 0.25) is 0 Å². The summed E-state index contributed by atoms with van der Waals surface area (Å²) in [7, 11) is 1.89. The molecule has 2 nitrogen and oxygen atoms in total. The van der Waals surface area contributed by atoms with Crippen LogP contribution in [-0.2, 0) is 12.8 Å². The second kappa shape index (κ2) is 6.64. The lowest BCUT2D eigenvalue weighted by Gasteiger charge is -2.16. The maximum absolute atomic E-state index is 13.2. The molecule has 1 aromatic carbocycles. The molecule has 1 atom stereocenters. The number of nitrogens with one attached hydrogen (secondary N) is 1. The Morgan fingerprint density at radius 1 is 1.26 bits per heavy atom. The Morgan fingerprint density at radius 3 is 2.79 bits per heavy atom. The Bertz CT molecular complexity index is 531. The molecule has 0 saturated heterocycles. The van der Waals surface area contributed by atoms with Crippen LogP contribution in [-0.4, -0.2) is 18.1 Å². The van der Waals surface area contributed by atoms with E-state index in [4.69, 9.17) is 11.6 Å². The number of likely N-dealkylation sites (N-methyl/N-ethyl adjacent to an activating group) is 1. The monoisotopic (exact) mass is 278 g/mol. The van der Waals surface area contributed by atoms with Crippen LogP contribution in [0, 0.1) is 5.82 Å². The summed E-state index contributed by atoms with van der Waals surface area (Å²) in [6.07, 6.45) is 3.23. The van der Waals surface area contributed by atoms with Gasteiger partial charge in [-0.1, -0.05) is 17.7 Å². The Labute approximate surface area is 117 Å². The zero-order valence-electron chi connectivity index (χ0n) is 10.7. The van der Waals surface area contributed by atoms with Crippen LogP contribution < -0.4 is 5.32 Å². The Hall–Kier alpha value is -1.45. The highest BCUT2D eigenvalue weighted by Gasteiger charge is 2.12. The van der Waals surface area contributed by atoms with E-state index in [1.165, 1.54) is 12.1 Å². The van der Waals surface area contributed by atoms with Gasteiger partial charge in [-0.2, -0.15) is 0 Å². The molecule has 0 aliphatic carbocycles. The second-order valence-corrected chi connectivity index (χ2v) is 4.86. The molecule has 0 spiro atoms. The van der Waals surface area contributed by atoms with Crippen LogP contribution in [0.5, 0.6) is 0 Å². The number of halogens is 2. The van der Waals surface area contributed by atoms with Crippen LogP contribution in [0.2, 0.25) is 5.02 Å². The van der Waals surface area contributed by atoms with E-state index in [-0.39, 0.29) is 11.9 Å². The van der Waals surface area contributed by atoms with Crippen LogP contribution >= 0.6 is 11.6 Å². The standard InChI is InChI=1S/C15H16ClFN2/c1-18-14(10-13-4-2-3-7-19-13)9-11-8-12(17)5-6-15(11)16/h2-8,14,18H,9-10H2,1H3. The topological polar surface area (TPSA) is 24.9 Å². The minimum Gasteiger partial charge on any atom is -0.316 e. The number of aromatic nitrogens is 1. The normalized spacial score (nSPS) is 12.4. The van der Waals surface area contributed by atoms with Gasteiger partial charge in [-0.25, -0.2) is 4.39 Å². The highest BCUT2D eigenvalue weighted by Crippen LogP contribution is 2.19. The first kappa shape index (κ1) is 14.0. The Kier molecular flexibility index (Phi) is 4.88. The lowest BCUT2D eigenvalue weighted by molar-refractivity contribution is 0.547. The number of nitrogens with zero attached hydrogens (tertiary/aromatic N) is 1. The van der Waals surface area contributed by atoms with Gasteiger partial charge in [0.05, 0.1) is 0 Å². The quantitative estimate of drug-likeness (QED) is 0.908. The molecule has 1 heterocycles. The lowest BCUT2D eigenvalue weighted by Crippen LogP contribution is -2.30. The van der Waals surface area contributed by atoms with Gasteiger partial charge in [-0.3, -0.25) is 4.98 Å². The summed E-state index contributed by atoms with van der Waals surface area (Å²) in [5, 5.41) is 3.82. The fourth-order valence-corrected chi connectivity index (χ4v) is 2.21. The number of rotatable bonds is 5. The molecule has 100 valence electrons. The van der Waals surface area contributed by atoms with Gasteiger partial charge >= 0.3 is 0 Å². The van der Waals surface area contributed by atoms with Crippen LogP contribution in [0.15, 0.2) is 42.6 Å². The van der Waals surface area contributed by atoms with E-state index in [1.807, 2.05) is 25.2 Å². The summed E-state index contributed by atoms with van der Waals surface area (Å²) in [5.74, 6) is -0.257. The predicted octanol–water partition coefficient (Wildman–Crippen LogP) is 3.25. The van der Waals surface area contributed by atoms with Gasteiger partial charge in [0.1, 0.15) is 5.82 Å². The van der Waals surface area contributed by atoms with Crippen LogP contribution in [0.4, 0.5) is 4.39 Å². The van der Waals surface area contributed by atoms with Gasteiger partial charge in [0.15, 0.2) is 0 Å². The summed E-state index contributed by atoms with van der Waals surface area (Å²) in [6, 6.07) is 10.5. The third kappa shape index (κ3) is 4.01. The van der Waals surface area contributed by atoms with Gasteiger partial charge in [-0.05, 0) is 49.4 Å². The van der Waals surface area contributed by atoms with E-state index >= 15 is 0 Å². The van der Waals surface area contributed by atoms with Crippen LogP contribution in [0.3, 0.4) is 0 Å². The van der Waals surface area contributed by atoms with Gasteiger partial charge in [-0.15, -0.1) is 0 Å². The van der Waals surface area contributed by atoms with Crippen molar-refractivity contribution in [2.24, 2.45) is 0 Å². The van der Waals surface area contributed by atoms with Crippen molar-refractivity contribution in [3.63, 3.8) is 0 Å². The van der Waals surface area contributed by atoms with E-state index in [0.717, 1.165) is 17.7 Å². The summed E-state index contributed by atoms with van der Waals surface area (Å²) >= 11 is 6.09. The smallest absolute Gasteiger partial charge is 0.123 e. The fourth-order valence-electron chi connectivity index (χ4n) is 2.01. The van der Waals surface area contributed by atoms with Crippen LogP contribution in [0.1, 0.15) is 11.3 Å². The molecule has 0 aliphatic heterocycles. The molecular weight excluding hydrogens is 263 g/mol. The highest BCUT2D eigenvalue weighted by atomic mass is 35.5. The van der Waals surface area contributed by atoms with E-state index in [9.17, 15) is 4.39 Å². The molecule has 0 saturated carbocycles. The number of benzene rings is 1. The highest BCUT2D eigenvalue weighted by molar-refractivity contribution is 6.31. The van der Waals surface area contributed by atoms with E-state index in [1.54, 1.807) is 12.3 Å². The first-order valence-corrected chi connectivity index (χ1v) is 6.58. The van der Waals surface area contributed by atoms with Crippen LogP contribution in [0.25, 0.3) is 0 Å². The van der Waals surface area contributed by atoms with Crippen molar-refractivity contribution in [2.75, 3.05) is 7.05 Å². The molecule has 0 fully saturated rings. The Balaban J connectivity index is 2.09. The second-order valence-electron chi connectivity index (χ2n) is 4.45. The molecular formula is C15H16ClFN2. The first-order valence-electron chi connectivity index (χ1n) is 6.20. The van der Waals surface area contributed by atoms with Gasteiger partial charge in [0, 0.05) is 29.4 Å². The zero-order valence-corrected chi connectivity index (χ0v) is 11.5. The maximum Gasteiger partial charge on any atom is 0.123 e. The molecule has 2 rings (SSSR count).